The Morgan fingerprint density at radius 3 is 2.38 bits per heavy atom. The lowest BCUT2D eigenvalue weighted by atomic mass is 10.1. The predicted molar refractivity (Wildman–Crippen MR) is 99.1 cm³/mol. The molecule has 1 aliphatic rings. The first kappa shape index (κ1) is 20.5. The van der Waals surface area contributed by atoms with Crippen LogP contribution in [0.3, 0.4) is 0 Å². The Kier molecular flexibility index (Phi) is 7.24. The minimum atomic E-state index is -3.34. The van der Waals surface area contributed by atoms with Gasteiger partial charge in [0.1, 0.15) is 0 Å². The Bertz CT molecular complexity index is 715. The van der Waals surface area contributed by atoms with Crippen LogP contribution in [0.2, 0.25) is 0 Å². The van der Waals surface area contributed by atoms with E-state index in [0.717, 1.165) is 18.7 Å². The molecule has 8 nitrogen and oxygen atoms in total. The number of nitrogens with zero attached hydrogens (tertiary/aromatic N) is 2. The minimum absolute atomic E-state index is 0.0889. The molecule has 1 aliphatic heterocycles. The van der Waals surface area contributed by atoms with Gasteiger partial charge in [-0.1, -0.05) is 6.07 Å². The van der Waals surface area contributed by atoms with Crippen molar-refractivity contribution in [2.45, 2.75) is 6.42 Å². The van der Waals surface area contributed by atoms with Crippen molar-refractivity contribution in [3.8, 4) is 11.5 Å². The summed E-state index contributed by atoms with van der Waals surface area (Å²) in [6.07, 6.45) is 0.148. The summed E-state index contributed by atoms with van der Waals surface area (Å²) in [6.45, 7) is 2.55. The molecule has 1 heterocycles. The van der Waals surface area contributed by atoms with Gasteiger partial charge >= 0.3 is 0 Å². The SMILES string of the molecule is COc1ccc(CC(=O)NCCS(=O)(=O)N2CCN(C)CC2)cc1OC. The van der Waals surface area contributed by atoms with E-state index in [1.807, 2.05) is 7.05 Å². The van der Waals surface area contributed by atoms with Gasteiger partial charge in [0.05, 0.1) is 26.4 Å². The van der Waals surface area contributed by atoms with Crippen molar-refractivity contribution >= 4 is 15.9 Å². The zero-order valence-corrected chi connectivity index (χ0v) is 16.3. The summed E-state index contributed by atoms with van der Waals surface area (Å²) in [4.78, 5) is 14.2. The average Bonchev–Trinajstić information content (AvgIpc) is 2.61. The molecule has 0 unspecified atom stereocenters. The number of likely N-dealkylation sites (N-methyl/N-ethyl adjacent to an activating group) is 1. The van der Waals surface area contributed by atoms with Gasteiger partial charge in [0, 0.05) is 32.7 Å². The molecule has 2 rings (SSSR count). The Morgan fingerprint density at radius 2 is 1.77 bits per heavy atom. The molecule has 0 atom stereocenters. The van der Waals surface area contributed by atoms with E-state index in [4.69, 9.17) is 9.47 Å². The smallest absolute Gasteiger partial charge is 0.224 e. The number of nitrogens with one attached hydrogen (secondary N) is 1. The van der Waals surface area contributed by atoms with Gasteiger partial charge in [-0.2, -0.15) is 4.31 Å². The molecule has 1 amide bonds. The third-order valence-electron chi connectivity index (χ3n) is 4.35. The van der Waals surface area contributed by atoms with E-state index in [9.17, 15) is 13.2 Å². The fourth-order valence-electron chi connectivity index (χ4n) is 2.75. The second-order valence-corrected chi connectivity index (χ2v) is 8.32. The van der Waals surface area contributed by atoms with Crippen molar-refractivity contribution in [3.63, 3.8) is 0 Å². The Balaban J connectivity index is 1.81. The lowest BCUT2D eigenvalue weighted by molar-refractivity contribution is -0.120. The van der Waals surface area contributed by atoms with Gasteiger partial charge < -0.3 is 19.7 Å². The van der Waals surface area contributed by atoms with Crippen LogP contribution in [-0.2, 0) is 21.2 Å². The molecular formula is C17H27N3O5S. The van der Waals surface area contributed by atoms with Gasteiger partial charge in [-0.15, -0.1) is 0 Å². The quantitative estimate of drug-likeness (QED) is 0.675. The highest BCUT2D eigenvalue weighted by Crippen LogP contribution is 2.27. The number of ether oxygens (including phenoxy) is 2. The van der Waals surface area contributed by atoms with Crippen LogP contribution in [0, 0.1) is 0 Å². The Hall–Kier alpha value is -1.84. The topological polar surface area (TPSA) is 88.2 Å². The van der Waals surface area contributed by atoms with E-state index in [-0.39, 0.29) is 24.6 Å². The van der Waals surface area contributed by atoms with Crippen LogP contribution in [0.4, 0.5) is 0 Å². The second-order valence-electron chi connectivity index (χ2n) is 6.23. The second kappa shape index (κ2) is 9.20. The molecule has 0 bridgehead atoms. The van der Waals surface area contributed by atoms with Crippen molar-refractivity contribution in [3.05, 3.63) is 23.8 Å². The first-order valence-electron chi connectivity index (χ1n) is 8.49. The van der Waals surface area contributed by atoms with Crippen LogP contribution in [0.15, 0.2) is 18.2 Å². The number of benzene rings is 1. The summed E-state index contributed by atoms with van der Waals surface area (Å²) < 4.78 is 36.5. The monoisotopic (exact) mass is 385 g/mol. The van der Waals surface area contributed by atoms with Gasteiger partial charge in [-0.05, 0) is 24.7 Å². The molecule has 0 aliphatic carbocycles. The molecule has 9 heteroatoms. The molecule has 146 valence electrons. The molecule has 1 aromatic rings. The first-order valence-corrected chi connectivity index (χ1v) is 10.1. The summed E-state index contributed by atoms with van der Waals surface area (Å²) in [5.41, 5.74) is 0.766. The molecule has 0 saturated carbocycles. The number of piperazine rings is 1. The molecule has 1 aromatic carbocycles. The molecular weight excluding hydrogens is 358 g/mol. The van der Waals surface area contributed by atoms with E-state index >= 15 is 0 Å². The van der Waals surface area contributed by atoms with E-state index in [1.165, 1.54) is 11.4 Å². The third kappa shape index (κ3) is 5.58. The molecule has 0 spiro atoms. The Morgan fingerprint density at radius 1 is 1.12 bits per heavy atom. The number of amides is 1. The molecule has 0 aromatic heterocycles. The number of carbonyl (C=O) groups is 1. The van der Waals surface area contributed by atoms with Crippen molar-refractivity contribution in [2.75, 3.05) is 59.7 Å². The summed E-state index contributed by atoms with van der Waals surface area (Å²) in [7, 11) is 1.71. The lowest BCUT2D eigenvalue weighted by Crippen LogP contribution is -2.48. The summed E-state index contributed by atoms with van der Waals surface area (Å²) in [6, 6.07) is 5.25. The van der Waals surface area contributed by atoms with Crippen LogP contribution in [-0.4, -0.2) is 83.3 Å². The van der Waals surface area contributed by atoms with Gasteiger partial charge in [-0.3, -0.25) is 4.79 Å². The van der Waals surface area contributed by atoms with E-state index in [1.54, 1.807) is 25.3 Å². The number of hydrogen-bond acceptors (Lipinski definition) is 6. The normalized spacial score (nSPS) is 16.3. The standard InChI is InChI=1S/C17H27N3O5S/c1-19-7-9-20(10-8-19)26(22,23)11-6-18-17(21)13-14-4-5-15(24-2)16(12-14)25-3/h4-5,12H,6-11,13H2,1-3H3,(H,18,21). The first-order chi connectivity index (χ1) is 12.4. The molecule has 0 radical (unpaired) electrons. The molecule has 26 heavy (non-hydrogen) atoms. The number of hydrogen-bond donors (Lipinski definition) is 1. The fourth-order valence-corrected chi connectivity index (χ4v) is 4.09. The van der Waals surface area contributed by atoms with Crippen LogP contribution in [0.1, 0.15) is 5.56 Å². The minimum Gasteiger partial charge on any atom is -0.493 e. The third-order valence-corrected chi connectivity index (χ3v) is 6.22. The van der Waals surface area contributed by atoms with Crippen LogP contribution < -0.4 is 14.8 Å². The summed E-state index contributed by atoms with van der Waals surface area (Å²) in [5, 5.41) is 2.67. The highest BCUT2D eigenvalue weighted by molar-refractivity contribution is 7.89. The predicted octanol–water partition coefficient (Wildman–Crippen LogP) is -0.0603. The van der Waals surface area contributed by atoms with E-state index in [0.29, 0.717) is 24.6 Å². The number of methoxy groups -OCH3 is 2. The largest absolute Gasteiger partial charge is 0.493 e. The maximum absolute atomic E-state index is 12.3. The number of sulfonamides is 1. The van der Waals surface area contributed by atoms with Gasteiger partial charge in [0.2, 0.25) is 15.9 Å². The van der Waals surface area contributed by atoms with E-state index in [2.05, 4.69) is 10.2 Å². The lowest BCUT2D eigenvalue weighted by Gasteiger charge is -2.31. The van der Waals surface area contributed by atoms with E-state index < -0.39 is 10.0 Å². The van der Waals surface area contributed by atoms with Crippen molar-refractivity contribution in [1.29, 1.82) is 0 Å². The molecule has 1 fully saturated rings. The van der Waals surface area contributed by atoms with Crippen molar-refractivity contribution in [1.82, 2.24) is 14.5 Å². The maximum atomic E-state index is 12.3. The van der Waals surface area contributed by atoms with Crippen molar-refractivity contribution < 1.29 is 22.7 Å². The number of rotatable bonds is 8. The van der Waals surface area contributed by atoms with Gasteiger partial charge in [0.15, 0.2) is 11.5 Å². The van der Waals surface area contributed by atoms with Gasteiger partial charge in [0.25, 0.3) is 0 Å². The highest BCUT2D eigenvalue weighted by Gasteiger charge is 2.25. The van der Waals surface area contributed by atoms with Crippen LogP contribution in [0.5, 0.6) is 11.5 Å². The highest BCUT2D eigenvalue weighted by atomic mass is 32.2. The van der Waals surface area contributed by atoms with Crippen molar-refractivity contribution in [2.24, 2.45) is 0 Å². The molecule has 1 N–H and O–H groups in total. The zero-order chi connectivity index (χ0) is 19.2. The average molecular weight is 385 g/mol. The van der Waals surface area contributed by atoms with Crippen LogP contribution in [0.25, 0.3) is 0 Å². The van der Waals surface area contributed by atoms with Crippen LogP contribution >= 0.6 is 0 Å². The maximum Gasteiger partial charge on any atom is 0.224 e. The summed E-state index contributed by atoms with van der Waals surface area (Å²) >= 11 is 0. The number of carbonyl (C=O) groups excluding carboxylic acids is 1. The van der Waals surface area contributed by atoms with Gasteiger partial charge in [-0.25, -0.2) is 8.42 Å². The molecule has 1 saturated heterocycles. The Labute approximate surface area is 155 Å². The fraction of sp³-hybridized carbons (Fsp3) is 0.588. The zero-order valence-electron chi connectivity index (χ0n) is 15.5. The summed E-state index contributed by atoms with van der Waals surface area (Å²) in [5.74, 6) is 0.824.